The van der Waals surface area contributed by atoms with Gasteiger partial charge in [0, 0.05) is 19.0 Å². The lowest BCUT2D eigenvalue weighted by Crippen LogP contribution is -2.45. The number of piperidine rings is 1. The number of carbonyl (C=O) groups excluding carboxylic acids is 1. The number of alkyl carbamates (subject to hydrolysis) is 1. The van der Waals surface area contributed by atoms with Crippen LogP contribution in [0.1, 0.15) is 12.0 Å². The van der Waals surface area contributed by atoms with Gasteiger partial charge in [-0.15, -0.1) is 0 Å². The zero-order valence-corrected chi connectivity index (χ0v) is 10.8. The average Bonchev–Trinajstić information content (AvgIpc) is 2.45. The van der Waals surface area contributed by atoms with Gasteiger partial charge in [0.1, 0.15) is 6.61 Å². The third-order valence-corrected chi connectivity index (χ3v) is 3.31. The third-order valence-electron chi connectivity index (χ3n) is 3.31. The van der Waals surface area contributed by atoms with Gasteiger partial charge in [-0.2, -0.15) is 0 Å². The van der Waals surface area contributed by atoms with E-state index in [1.807, 2.05) is 30.3 Å². The minimum Gasteiger partial charge on any atom is -0.445 e. The summed E-state index contributed by atoms with van der Waals surface area (Å²) in [6, 6.07) is 9.54. The highest BCUT2D eigenvalue weighted by atomic mass is 16.5. The number of ether oxygens (including phenoxy) is 1. The molecular weight excluding hydrogens is 244 g/mol. The molecule has 0 spiro atoms. The quantitative estimate of drug-likeness (QED) is 0.755. The Labute approximate surface area is 113 Å². The second-order valence-electron chi connectivity index (χ2n) is 4.76. The average molecular weight is 264 g/mol. The van der Waals surface area contributed by atoms with E-state index in [4.69, 9.17) is 4.74 Å². The Balaban J connectivity index is 1.67. The summed E-state index contributed by atoms with van der Waals surface area (Å²) in [6.45, 7) is 2.19. The van der Waals surface area contributed by atoms with E-state index in [9.17, 15) is 9.90 Å². The first-order chi connectivity index (χ1) is 9.25. The van der Waals surface area contributed by atoms with Crippen LogP contribution in [0, 0.1) is 5.92 Å². The van der Waals surface area contributed by atoms with Crippen LogP contribution < -0.4 is 10.6 Å². The summed E-state index contributed by atoms with van der Waals surface area (Å²) in [4.78, 5) is 11.5. The van der Waals surface area contributed by atoms with Crippen molar-refractivity contribution in [1.82, 2.24) is 10.6 Å². The Morgan fingerprint density at radius 3 is 2.95 bits per heavy atom. The molecular formula is C14H20N2O3. The number of benzene rings is 1. The molecule has 5 heteroatoms. The summed E-state index contributed by atoms with van der Waals surface area (Å²) in [7, 11) is 0. The molecule has 0 aliphatic carbocycles. The van der Waals surface area contributed by atoms with Gasteiger partial charge in [0.2, 0.25) is 0 Å². The molecule has 5 nitrogen and oxygen atoms in total. The van der Waals surface area contributed by atoms with Gasteiger partial charge in [-0.25, -0.2) is 4.79 Å². The topological polar surface area (TPSA) is 70.6 Å². The van der Waals surface area contributed by atoms with Gasteiger partial charge in [0.05, 0.1) is 6.10 Å². The Bertz CT molecular complexity index is 397. The van der Waals surface area contributed by atoms with Crippen molar-refractivity contribution in [2.24, 2.45) is 5.92 Å². The number of amides is 1. The summed E-state index contributed by atoms with van der Waals surface area (Å²) < 4.78 is 5.11. The van der Waals surface area contributed by atoms with E-state index in [1.54, 1.807) is 0 Å². The fourth-order valence-electron chi connectivity index (χ4n) is 2.12. The molecule has 1 aliphatic rings. The Morgan fingerprint density at radius 2 is 2.21 bits per heavy atom. The first kappa shape index (κ1) is 13.8. The van der Waals surface area contributed by atoms with Crippen LogP contribution in [0.2, 0.25) is 0 Å². The standard InChI is InChI=1S/C14H20N2O3/c17-13-9-15-7-6-12(13)8-16-14(18)19-10-11-4-2-1-3-5-11/h1-5,12-13,15,17H,6-10H2,(H,16,18)/t12-,13+/m1/s1. The molecule has 1 fully saturated rings. The van der Waals surface area contributed by atoms with Gasteiger partial charge in [0.15, 0.2) is 0 Å². The zero-order valence-electron chi connectivity index (χ0n) is 10.8. The Morgan fingerprint density at radius 1 is 1.42 bits per heavy atom. The smallest absolute Gasteiger partial charge is 0.407 e. The van der Waals surface area contributed by atoms with Crippen molar-refractivity contribution in [2.45, 2.75) is 19.1 Å². The van der Waals surface area contributed by atoms with Crippen LogP contribution in [0.3, 0.4) is 0 Å². The number of carbonyl (C=O) groups is 1. The second-order valence-corrected chi connectivity index (χ2v) is 4.76. The number of β-amino-alcohol motifs (C(OH)–C–C–N with tert-alkyl or cyclic N) is 1. The van der Waals surface area contributed by atoms with E-state index in [1.165, 1.54) is 0 Å². The number of aliphatic hydroxyl groups is 1. The highest BCUT2D eigenvalue weighted by Crippen LogP contribution is 2.11. The van der Waals surface area contributed by atoms with Gasteiger partial charge in [-0.1, -0.05) is 30.3 Å². The van der Waals surface area contributed by atoms with Crippen LogP contribution >= 0.6 is 0 Å². The van der Waals surface area contributed by atoms with Crippen molar-refractivity contribution < 1.29 is 14.6 Å². The molecule has 1 heterocycles. The molecule has 0 radical (unpaired) electrons. The molecule has 3 N–H and O–H groups in total. The largest absolute Gasteiger partial charge is 0.445 e. The van der Waals surface area contributed by atoms with E-state index in [-0.39, 0.29) is 12.5 Å². The molecule has 1 saturated heterocycles. The van der Waals surface area contributed by atoms with Crippen LogP contribution in [0.4, 0.5) is 4.79 Å². The number of aliphatic hydroxyl groups excluding tert-OH is 1. The third kappa shape index (κ3) is 4.54. The molecule has 2 atom stereocenters. The number of hydrogen-bond acceptors (Lipinski definition) is 4. The molecule has 19 heavy (non-hydrogen) atoms. The maximum absolute atomic E-state index is 11.5. The van der Waals surface area contributed by atoms with Crippen molar-refractivity contribution in [3.8, 4) is 0 Å². The van der Waals surface area contributed by atoms with Crippen LogP contribution in [0.5, 0.6) is 0 Å². The summed E-state index contributed by atoms with van der Waals surface area (Å²) in [5, 5.41) is 15.5. The molecule has 1 aromatic rings. The van der Waals surface area contributed by atoms with Crippen molar-refractivity contribution >= 4 is 6.09 Å². The number of nitrogens with one attached hydrogen (secondary N) is 2. The van der Waals surface area contributed by atoms with Gasteiger partial charge >= 0.3 is 6.09 Å². The summed E-state index contributed by atoms with van der Waals surface area (Å²) in [5.74, 6) is 0.102. The molecule has 1 aliphatic heterocycles. The Hall–Kier alpha value is -1.59. The normalized spacial score (nSPS) is 22.8. The number of rotatable bonds is 4. The number of hydrogen-bond donors (Lipinski definition) is 3. The highest BCUT2D eigenvalue weighted by molar-refractivity contribution is 5.67. The lowest BCUT2D eigenvalue weighted by Gasteiger charge is -2.28. The minimum absolute atomic E-state index is 0.102. The maximum atomic E-state index is 11.5. The molecule has 104 valence electrons. The Kier molecular flexibility index (Phi) is 5.18. The summed E-state index contributed by atoms with van der Waals surface area (Å²) >= 11 is 0. The monoisotopic (exact) mass is 264 g/mol. The fourth-order valence-corrected chi connectivity index (χ4v) is 2.12. The van der Waals surface area contributed by atoms with Crippen molar-refractivity contribution in [3.05, 3.63) is 35.9 Å². The maximum Gasteiger partial charge on any atom is 0.407 e. The molecule has 1 aromatic carbocycles. The minimum atomic E-state index is -0.436. The SMILES string of the molecule is O=C(NC[C@H]1CCNC[C@@H]1O)OCc1ccccc1. The fraction of sp³-hybridized carbons (Fsp3) is 0.500. The molecule has 0 aromatic heterocycles. The van der Waals surface area contributed by atoms with Gasteiger partial charge in [-0.05, 0) is 18.5 Å². The van der Waals surface area contributed by atoms with E-state index in [0.29, 0.717) is 13.1 Å². The van der Waals surface area contributed by atoms with Crippen LogP contribution in [-0.2, 0) is 11.3 Å². The lowest BCUT2D eigenvalue weighted by molar-refractivity contribution is 0.0782. The van der Waals surface area contributed by atoms with Crippen molar-refractivity contribution in [3.63, 3.8) is 0 Å². The predicted molar refractivity (Wildman–Crippen MR) is 71.6 cm³/mol. The molecule has 1 amide bonds. The predicted octanol–water partition coefficient (Wildman–Crippen LogP) is 0.883. The molecule has 2 rings (SSSR count). The first-order valence-corrected chi connectivity index (χ1v) is 6.59. The van der Waals surface area contributed by atoms with Gasteiger partial charge < -0.3 is 20.5 Å². The van der Waals surface area contributed by atoms with E-state index in [0.717, 1.165) is 18.5 Å². The molecule has 0 saturated carbocycles. The van der Waals surface area contributed by atoms with Gasteiger partial charge in [0.25, 0.3) is 0 Å². The van der Waals surface area contributed by atoms with Crippen LogP contribution in [0.25, 0.3) is 0 Å². The highest BCUT2D eigenvalue weighted by Gasteiger charge is 2.23. The van der Waals surface area contributed by atoms with Crippen LogP contribution in [-0.4, -0.2) is 36.9 Å². The lowest BCUT2D eigenvalue weighted by atomic mass is 9.95. The zero-order chi connectivity index (χ0) is 13.5. The molecule has 0 bridgehead atoms. The summed E-state index contributed by atoms with van der Waals surface area (Å²) in [5.41, 5.74) is 0.958. The van der Waals surface area contributed by atoms with E-state index in [2.05, 4.69) is 10.6 Å². The second kappa shape index (κ2) is 7.11. The van der Waals surface area contributed by atoms with Crippen molar-refractivity contribution in [1.29, 1.82) is 0 Å². The molecule has 0 unspecified atom stereocenters. The van der Waals surface area contributed by atoms with E-state index >= 15 is 0 Å². The van der Waals surface area contributed by atoms with E-state index < -0.39 is 12.2 Å². The van der Waals surface area contributed by atoms with Gasteiger partial charge in [-0.3, -0.25) is 0 Å². The first-order valence-electron chi connectivity index (χ1n) is 6.59. The summed E-state index contributed by atoms with van der Waals surface area (Å²) in [6.07, 6.45) is 0.0258. The van der Waals surface area contributed by atoms with Crippen molar-refractivity contribution in [2.75, 3.05) is 19.6 Å². The van der Waals surface area contributed by atoms with Crippen LogP contribution in [0.15, 0.2) is 30.3 Å².